The van der Waals surface area contributed by atoms with Crippen LogP contribution in [0, 0.1) is 13.8 Å². The summed E-state index contributed by atoms with van der Waals surface area (Å²) >= 11 is 6.04. The van der Waals surface area contributed by atoms with Gasteiger partial charge < -0.3 is 10.1 Å². The molecule has 0 unspecified atom stereocenters. The van der Waals surface area contributed by atoms with Crippen LogP contribution in [0.25, 0.3) is 0 Å². The van der Waals surface area contributed by atoms with Crippen LogP contribution in [0.3, 0.4) is 0 Å². The number of ether oxygens (including phenoxy) is 1. The Morgan fingerprint density at radius 1 is 1.19 bits per heavy atom. The zero-order valence-corrected chi connectivity index (χ0v) is 13.1. The van der Waals surface area contributed by atoms with E-state index < -0.39 is 6.10 Å². The zero-order chi connectivity index (χ0) is 15.4. The summed E-state index contributed by atoms with van der Waals surface area (Å²) in [5.74, 6) is 0.474. The molecule has 0 saturated heterocycles. The molecule has 0 spiro atoms. The number of rotatable bonds is 4. The molecule has 1 amide bonds. The van der Waals surface area contributed by atoms with Crippen molar-refractivity contribution in [2.45, 2.75) is 26.9 Å². The first-order chi connectivity index (χ1) is 9.97. The Labute approximate surface area is 129 Å². The molecule has 0 fully saturated rings. The van der Waals surface area contributed by atoms with Crippen molar-refractivity contribution in [3.05, 3.63) is 58.6 Å². The summed E-state index contributed by atoms with van der Waals surface area (Å²) in [4.78, 5) is 12.2. The van der Waals surface area contributed by atoms with Crippen molar-refractivity contribution in [1.29, 1.82) is 0 Å². The van der Waals surface area contributed by atoms with Crippen LogP contribution in [0.4, 0.5) is 5.69 Å². The molecule has 0 aliphatic carbocycles. The van der Waals surface area contributed by atoms with Crippen LogP contribution < -0.4 is 10.1 Å². The van der Waals surface area contributed by atoms with Gasteiger partial charge in [-0.1, -0.05) is 29.8 Å². The Bertz CT molecular complexity index is 655. The Hall–Kier alpha value is -2.00. The number of halogens is 1. The number of amides is 1. The van der Waals surface area contributed by atoms with Crippen molar-refractivity contribution < 1.29 is 9.53 Å². The SMILES string of the molecule is Cc1cccc(O[C@H](C)C(=O)Nc2cccc(Cl)c2C)c1. The average Bonchev–Trinajstić information content (AvgIpc) is 2.44. The number of hydrogen-bond acceptors (Lipinski definition) is 2. The minimum Gasteiger partial charge on any atom is -0.481 e. The van der Waals surface area contributed by atoms with Gasteiger partial charge in [-0.2, -0.15) is 0 Å². The number of nitrogens with one attached hydrogen (secondary N) is 1. The molecule has 0 aliphatic heterocycles. The van der Waals surface area contributed by atoms with Gasteiger partial charge >= 0.3 is 0 Å². The van der Waals surface area contributed by atoms with Crippen molar-refractivity contribution in [3.8, 4) is 5.75 Å². The van der Waals surface area contributed by atoms with E-state index in [-0.39, 0.29) is 5.91 Å². The van der Waals surface area contributed by atoms with E-state index in [9.17, 15) is 4.79 Å². The van der Waals surface area contributed by atoms with Gasteiger partial charge in [0.1, 0.15) is 5.75 Å². The summed E-state index contributed by atoms with van der Waals surface area (Å²) in [6, 6.07) is 13.0. The molecule has 4 heteroatoms. The maximum Gasteiger partial charge on any atom is 0.265 e. The fraction of sp³-hybridized carbons (Fsp3) is 0.235. The summed E-state index contributed by atoms with van der Waals surface area (Å²) in [6.07, 6.45) is -0.592. The normalized spacial score (nSPS) is 11.8. The smallest absolute Gasteiger partial charge is 0.265 e. The third-order valence-corrected chi connectivity index (χ3v) is 3.61. The summed E-state index contributed by atoms with van der Waals surface area (Å²) in [5.41, 5.74) is 2.63. The predicted molar refractivity (Wildman–Crippen MR) is 86.1 cm³/mol. The fourth-order valence-electron chi connectivity index (χ4n) is 1.92. The lowest BCUT2D eigenvalue weighted by molar-refractivity contribution is -0.122. The first-order valence-corrected chi connectivity index (χ1v) is 7.14. The zero-order valence-electron chi connectivity index (χ0n) is 12.3. The van der Waals surface area contributed by atoms with E-state index in [0.29, 0.717) is 16.5 Å². The van der Waals surface area contributed by atoms with Crippen molar-refractivity contribution in [2.24, 2.45) is 0 Å². The van der Waals surface area contributed by atoms with Gasteiger partial charge in [0, 0.05) is 10.7 Å². The van der Waals surface area contributed by atoms with Crippen molar-refractivity contribution in [1.82, 2.24) is 0 Å². The standard InChI is InChI=1S/C17H18ClNO2/c1-11-6-4-7-14(10-11)21-13(3)17(20)19-16-9-5-8-15(18)12(16)2/h4-10,13H,1-3H3,(H,19,20)/t13-/m1/s1. The molecule has 2 rings (SSSR count). The average molecular weight is 304 g/mol. The quantitative estimate of drug-likeness (QED) is 0.911. The summed E-state index contributed by atoms with van der Waals surface area (Å²) in [5, 5.41) is 3.46. The molecule has 0 bridgehead atoms. The molecule has 2 aromatic rings. The first-order valence-electron chi connectivity index (χ1n) is 6.76. The van der Waals surface area contributed by atoms with Crippen molar-refractivity contribution in [3.63, 3.8) is 0 Å². The number of aryl methyl sites for hydroxylation is 1. The van der Waals surface area contributed by atoms with Crippen molar-refractivity contribution >= 4 is 23.2 Å². The molecule has 2 aromatic carbocycles. The Kier molecular flexibility index (Phi) is 4.86. The molecule has 21 heavy (non-hydrogen) atoms. The monoisotopic (exact) mass is 303 g/mol. The lowest BCUT2D eigenvalue weighted by Gasteiger charge is -2.16. The van der Waals surface area contributed by atoms with Gasteiger partial charge in [0.15, 0.2) is 6.10 Å². The van der Waals surface area contributed by atoms with Crippen LogP contribution >= 0.6 is 11.6 Å². The predicted octanol–water partition coefficient (Wildman–Crippen LogP) is 4.36. The van der Waals surface area contributed by atoms with E-state index >= 15 is 0 Å². The largest absolute Gasteiger partial charge is 0.481 e. The van der Waals surface area contributed by atoms with E-state index in [4.69, 9.17) is 16.3 Å². The molecule has 0 aromatic heterocycles. The molecule has 1 atom stereocenters. The van der Waals surface area contributed by atoms with Crippen LogP contribution in [0.2, 0.25) is 5.02 Å². The molecule has 0 saturated carbocycles. The maximum absolute atomic E-state index is 12.2. The van der Waals surface area contributed by atoms with Gasteiger partial charge in [-0.3, -0.25) is 4.79 Å². The second kappa shape index (κ2) is 6.64. The first kappa shape index (κ1) is 15.4. The van der Waals surface area contributed by atoms with Gasteiger partial charge in [0.05, 0.1) is 0 Å². The summed E-state index contributed by atoms with van der Waals surface area (Å²) < 4.78 is 5.65. The molecule has 0 heterocycles. The number of carbonyl (C=O) groups excluding carboxylic acids is 1. The van der Waals surface area contributed by atoms with Gasteiger partial charge in [-0.25, -0.2) is 0 Å². The highest BCUT2D eigenvalue weighted by molar-refractivity contribution is 6.31. The number of carbonyl (C=O) groups is 1. The third-order valence-electron chi connectivity index (χ3n) is 3.20. The number of anilines is 1. The maximum atomic E-state index is 12.2. The Balaban J connectivity index is 2.04. The Morgan fingerprint density at radius 3 is 2.62 bits per heavy atom. The highest BCUT2D eigenvalue weighted by Gasteiger charge is 2.16. The van der Waals surface area contributed by atoms with E-state index in [1.165, 1.54) is 0 Å². The highest BCUT2D eigenvalue weighted by Crippen LogP contribution is 2.23. The van der Waals surface area contributed by atoms with Crippen LogP contribution in [-0.2, 0) is 4.79 Å². The Morgan fingerprint density at radius 2 is 1.90 bits per heavy atom. The minimum absolute atomic E-state index is 0.207. The van der Waals surface area contributed by atoms with Crippen LogP contribution in [-0.4, -0.2) is 12.0 Å². The molecule has 1 N–H and O–H groups in total. The van der Waals surface area contributed by atoms with Gasteiger partial charge in [0.2, 0.25) is 0 Å². The molecule has 0 aliphatic rings. The van der Waals surface area contributed by atoms with Gasteiger partial charge in [0.25, 0.3) is 5.91 Å². The number of benzene rings is 2. The summed E-state index contributed by atoms with van der Waals surface area (Å²) in [7, 11) is 0. The molecule has 110 valence electrons. The van der Waals surface area contributed by atoms with Crippen molar-refractivity contribution in [2.75, 3.05) is 5.32 Å². The van der Waals surface area contributed by atoms with Crippen LogP contribution in [0.15, 0.2) is 42.5 Å². The van der Waals surface area contributed by atoms with Crippen LogP contribution in [0.5, 0.6) is 5.75 Å². The van der Waals surface area contributed by atoms with E-state index in [1.807, 2.05) is 44.2 Å². The minimum atomic E-state index is -0.592. The van der Waals surface area contributed by atoms with Gasteiger partial charge in [-0.15, -0.1) is 0 Å². The topological polar surface area (TPSA) is 38.3 Å². The molecule has 3 nitrogen and oxygen atoms in total. The second-order valence-electron chi connectivity index (χ2n) is 4.98. The third kappa shape index (κ3) is 3.99. The second-order valence-corrected chi connectivity index (χ2v) is 5.39. The molecular formula is C17H18ClNO2. The fourth-order valence-corrected chi connectivity index (χ4v) is 2.10. The van der Waals surface area contributed by atoms with E-state index in [2.05, 4.69) is 5.32 Å². The summed E-state index contributed by atoms with van der Waals surface area (Å²) in [6.45, 7) is 5.56. The molecule has 0 radical (unpaired) electrons. The van der Waals surface area contributed by atoms with E-state index in [0.717, 1.165) is 11.1 Å². The van der Waals surface area contributed by atoms with E-state index in [1.54, 1.807) is 19.1 Å². The lowest BCUT2D eigenvalue weighted by Crippen LogP contribution is -2.30. The lowest BCUT2D eigenvalue weighted by atomic mass is 10.2. The van der Waals surface area contributed by atoms with Crippen LogP contribution in [0.1, 0.15) is 18.1 Å². The number of hydrogen-bond donors (Lipinski definition) is 1. The molecular weight excluding hydrogens is 286 g/mol. The van der Waals surface area contributed by atoms with Gasteiger partial charge in [-0.05, 0) is 56.2 Å². The highest BCUT2D eigenvalue weighted by atomic mass is 35.5.